The molecule has 0 spiro atoms. The summed E-state index contributed by atoms with van der Waals surface area (Å²) in [6.45, 7) is 2.17. The number of thiazole rings is 1. The molecule has 1 aliphatic rings. The Morgan fingerprint density at radius 2 is 2.11 bits per heavy atom. The first-order valence-corrected chi connectivity index (χ1v) is 7.73. The molecule has 0 amide bonds. The maximum atomic E-state index is 5.73. The smallest absolute Gasteiger partial charge is 0.122 e. The highest BCUT2D eigenvalue weighted by Crippen LogP contribution is 2.38. The number of ether oxygens (including phenoxy) is 1. The van der Waals surface area contributed by atoms with Gasteiger partial charge in [0.05, 0.1) is 0 Å². The maximum absolute atomic E-state index is 5.73. The summed E-state index contributed by atoms with van der Waals surface area (Å²) in [6.07, 6.45) is 8.84. The maximum Gasteiger partial charge on any atom is 0.122 e. The van der Waals surface area contributed by atoms with E-state index < -0.39 is 0 Å². The molecule has 2 atom stereocenters. The number of nitrogens with one attached hydrogen (secondary N) is 1. The third-order valence-electron chi connectivity index (χ3n) is 3.98. The largest absolute Gasteiger partial charge is 0.374 e. The number of hydrogen-bond donors (Lipinski definition) is 1. The van der Waals surface area contributed by atoms with Crippen LogP contribution >= 0.6 is 11.3 Å². The van der Waals surface area contributed by atoms with E-state index in [1.54, 1.807) is 11.3 Å². The second kappa shape index (κ2) is 6.64. The molecule has 0 aromatic carbocycles. The SMILES string of the molecule is CNC(C)c1cnc(C(OC)C2CCCCC2)s1. The molecule has 1 aromatic heterocycles. The zero-order chi connectivity index (χ0) is 13.0. The first-order chi connectivity index (χ1) is 8.76. The quantitative estimate of drug-likeness (QED) is 0.884. The van der Waals surface area contributed by atoms with E-state index in [0.29, 0.717) is 12.0 Å². The predicted molar refractivity (Wildman–Crippen MR) is 75.9 cm³/mol. The Balaban J connectivity index is 2.09. The molecule has 1 N–H and O–H groups in total. The van der Waals surface area contributed by atoms with Gasteiger partial charge in [-0.05, 0) is 32.7 Å². The number of rotatable bonds is 5. The Kier molecular flexibility index (Phi) is 5.15. The lowest BCUT2D eigenvalue weighted by atomic mass is 9.85. The minimum Gasteiger partial charge on any atom is -0.374 e. The zero-order valence-electron chi connectivity index (χ0n) is 11.6. The Labute approximate surface area is 114 Å². The van der Waals surface area contributed by atoms with E-state index in [2.05, 4.69) is 17.2 Å². The minimum absolute atomic E-state index is 0.202. The molecular formula is C14H24N2OS. The minimum atomic E-state index is 0.202. The molecule has 0 saturated heterocycles. The average molecular weight is 268 g/mol. The van der Waals surface area contributed by atoms with E-state index in [4.69, 9.17) is 4.74 Å². The van der Waals surface area contributed by atoms with Crippen LogP contribution in [0.5, 0.6) is 0 Å². The van der Waals surface area contributed by atoms with Crippen molar-refractivity contribution in [1.29, 1.82) is 0 Å². The lowest BCUT2D eigenvalue weighted by Gasteiger charge is -2.27. The summed E-state index contributed by atoms with van der Waals surface area (Å²) >= 11 is 1.79. The van der Waals surface area contributed by atoms with Gasteiger partial charge in [-0.15, -0.1) is 11.3 Å². The van der Waals surface area contributed by atoms with Crippen molar-refractivity contribution in [3.8, 4) is 0 Å². The van der Waals surface area contributed by atoms with Gasteiger partial charge in [-0.1, -0.05) is 19.3 Å². The Bertz CT molecular complexity index is 360. The molecule has 1 aromatic rings. The first kappa shape index (κ1) is 14.0. The lowest BCUT2D eigenvalue weighted by Crippen LogP contribution is -2.17. The molecule has 1 aliphatic carbocycles. The van der Waals surface area contributed by atoms with E-state index in [-0.39, 0.29) is 6.10 Å². The summed E-state index contributed by atoms with van der Waals surface area (Å²) in [5, 5.41) is 4.41. The van der Waals surface area contributed by atoms with Crippen LogP contribution in [0.2, 0.25) is 0 Å². The summed E-state index contributed by atoms with van der Waals surface area (Å²) in [6, 6.07) is 0.375. The highest BCUT2D eigenvalue weighted by Gasteiger charge is 2.27. The zero-order valence-corrected chi connectivity index (χ0v) is 12.4. The van der Waals surface area contributed by atoms with E-state index >= 15 is 0 Å². The fraction of sp³-hybridized carbons (Fsp3) is 0.786. The summed E-state index contributed by atoms with van der Waals surface area (Å²) in [4.78, 5) is 5.88. The van der Waals surface area contributed by atoms with Gasteiger partial charge < -0.3 is 10.1 Å². The van der Waals surface area contributed by atoms with Crippen molar-refractivity contribution in [2.24, 2.45) is 5.92 Å². The molecular weight excluding hydrogens is 244 g/mol. The number of aromatic nitrogens is 1. The second-order valence-corrected chi connectivity index (χ2v) is 6.26. The van der Waals surface area contributed by atoms with Crippen molar-refractivity contribution in [3.63, 3.8) is 0 Å². The molecule has 4 heteroatoms. The second-order valence-electron chi connectivity index (χ2n) is 5.17. The van der Waals surface area contributed by atoms with Gasteiger partial charge in [0.1, 0.15) is 11.1 Å². The monoisotopic (exact) mass is 268 g/mol. The average Bonchev–Trinajstić information content (AvgIpc) is 2.89. The van der Waals surface area contributed by atoms with E-state index in [9.17, 15) is 0 Å². The number of hydrogen-bond acceptors (Lipinski definition) is 4. The van der Waals surface area contributed by atoms with Crippen molar-refractivity contribution < 1.29 is 4.74 Å². The third kappa shape index (κ3) is 3.11. The van der Waals surface area contributed by atoms with Gasteiger partial charge in [-0.2, -0.15) is 0 Å². The Hall–Kier alpha value is -0.450. The van der Waals surface area contributed by atoms with Crippen molar-refractivity contribution in [3.05, 3.63) is 16.1 Å². The van der Waals surface area contributed by atoms with Crippen LogP contribution in [0.4, 0.5) is 0 Å². The number of methoxy groups -OCH3 is 1. The van der Waals surface area contributed by atoms with Gasteiger partial charge in [-0.3, -0.25) is 0 Å². The molecule has 0 bridgehead atoms. The molecule has 1 fully saturated rings. The Morgan fingerprint density at radius 3 is 2.72 bits per heavy atom. The molecule has 2 rings (SSSR count). The third-order valence-corrected chi connectivity index (χ3v) is 5.22. The van der Waals surface area contributed by atoms with Gasteiger partial charge >= 0.3 is 0 Å². The molecule has 0 radical (unpaired) electrons. The van der Waals surface area contributed by atoms with Crippen LogP contribution in [0.15, 0.2) is 6.20 Å². The lowest BCUT2D eigenvalue weighted by molar-refractivity contribution is 0.0352. The first-order valence-electron chi connectivity index (χ1n) is 6.92. The van der Waals surface area contributed by atoms with Crippen LogP contribution < -0.4 is 5.32 Å². The molecule has 2 unspecified atom stereocenters. The molecule has 0 aliphatic heterocycles. The molecule has 18 heavy (non-hydrogen) atoms. The summed E-state index contributed by atoms with van der Waals surface area (Å²) in [5.41, 5.74) is 0. The van der Waals surface area contributed by atoms with E-state index in [0.717, 1.165) is 5.01 Å². The highest BCUT2D eigenvalue weighted by molar-refractivity contribution is 7.11. The van der Waals surface area contributed by atoms with Crippen LogP contribution in [-0.2, 0) is 4.74 Å². The van der Waals surface area contributed by atoms with Crippen molar-refractivity contribution in [2.45, 2.75) is 51.2 Å². The van der Waals surface area contributed by atoms with Crippen LogP contribution in [0, 0.1) is 5.92 Å². The van der Waals surface area contributed by atoms with Crippen molar-refractivity contribution in [2.75, 3.05) is 14.2 Å². The standard InChI is InChI=1S/C14H24N2OS/c1-10(15-2)12-9-16-14(18-12)13(17-3)11-7-5-4-6-8-11/h9-11,13,15H,4-8H2,1-3H3. The number of nitrogens with zero attached hydrogens (tertiary/aromatic N) is 1. The summed E-state index contributed by atoms with van der Waals surface area (Å²) < 4.78 is 5.73. The van der Waals surface area contributed by atoms with Gasteiger partial charge in [0.25, 0.3) is 0 Å². The van der Waals surface area contributed by atoms with Crippen LogP contribution in [0.1, 0.15) is 61.1 Å². The Morgan fingerprint density at radius 1 is 1.39 bits per heavy atom. The molecule has 102 valence electrons. The molecule has 1 heterocycles. The fourth-order valence-corrected chi connectivity index (χ4v) is 3.86. The van der Waals surface area contributed by atoms with Gasteiger partial charge in [0, 0.05) is 24.2 Å². The fourth-order valence-electron chi connectivity index (χ4n) is 2.71. The van der Waals surface area contributed by atoms with Crippen molar-refractivity contribution in [1.82, 2.24) is 10.3 Å². The topological polar surface area (TPSA) is 34.2 Å². The summed E-state index contributed by atoms with van der Waals surface area (Å²) in [7, 11) is 3.81. The summed E-state index contributed by atoms with van der Waals surface area (Å²) in [5.74, 6) is 0.660. The van der Waals surface area contributed by atoms with Crippen molar-refractivity contribution >= 4 is 11.3 Å². The van der Waals surface area contributed by atoms with Gasteiger partial charge in [0.2, 0.25) is 0 Å². The molecule has 1 saturated carbocycles. The van der Waals surface area contributed by atoms with Crippen LogP contribution in [0.3, 0.4) is 0 Å². The predicted octanol–water partition coefficient (Wildman–Crippen LogP) is 3.69. The van der Waals surface area contributed by atoms with Crippen LogP contribution in [-0.4, -0.2) is 19.1 Å². The van der Waals surface area contributed by atoms with E-state index in [1.165, 1.54) is 37.0 Å². The van der Waals surface area contributed by atoms with Gasteiger partial charge in [-0.25, -0.2) is 4.98 Å². The molecule has 3 nitrogen and oxygen atoms in total. The van der Waals surface area contributed by atoms with Gasteiger partial charge in [0.15, 0.2) is 0 Å². The highest BCUT2D eigenvalue weighted by atomic mass is 32.1. The normalized spacial score (nSPS) is 20.8. The van der Waals surface area contributed by atoms with E-state index in [1.807, 2.05) is 20.4 Å². The van der Waals surface area contributed by atoms with Crippen LogP contribution in [0.25, 0.3) is 0 Å².